The molecule has 0 aliphatic heterocycles. The molecule has 0 saturated heterocycles. The zero-order valence-electron chi connectivity index (χ0n) is 7.28. The maximum absolute atomic E-state index is 2.34. The van der Waals surface area contributed by atoms with E-state index in [0.29, 0.717) is 0 Å². The van der Waals surface area contributed by atoms with E-state index < -0.39 is 0 Å². The Morgan fingerprint density at radius 2 is 1.22 bits per heavy atom. The predicted octanol–water partition coefficient (Wildman–Crippen LogP) is 2.57. The van der Waals surface area contributed by atoms with Gasteiger partial charge in [0.2, 0.25) is 0 Å². The normalized spacial score (nSPS) is 10.9. The van der Waals surface area contributed by atoms with E-state index >= 15 is 0 Å². The molecular weight excluding hydrogens is 166 g/mol. The fraction of sp³-hybridized carbons (Fsp3) is 1.00. The van der Waals surface area contributed by atoms with E-state index in [4.69, 9.17) is 0 Å². The molecule has 0 spiro atoms. The van der Waals surface area contributed by atoms with Gasteiger partial charge < -0.3 is 0 Å². The fourth-order valence-corrected chi connectivity index (χ4v) is 4.86. The molecular formula is C8H19Ga. The van der Waals surface area contributed by atoms with Crippen LogP contribution in [-0.2, 0) is 0 Å². The Kier molecular flexibility index (Phi) is 5.81. The molecule has 0 aromatic heterocycles. The second kappa shape index (κ2) is 5.42. The first-order valence-electron chi connectivity index (χ1n) is 4.13. The summed E-state index contributed by atoms with van der Waals surface area (Å²) in [5.74, 6) is 1.95. The molecule has 0 radical (unpaired) electrons. The average Bonchev–Trinajstić information content (AvgIpc) is 1.63. The van der Waals surface area contributed by atoms with E-state index in [1.54, 1.807) is 9.95 Å². The van der Waals surface area contributed by atoms with Gasteiger partial charge >= 0.3 is 66.9 Å². The molecule has 0 heterocycles. The first-order valence-corrected chi connectivity index (χ1v) is 8.32. The van der Waals surface area contributed by atoms with Crippen molar-refractivity contribution >= 4 is 17.4 Å². The van der Waals surface area contributed by atoms with Gasteiger partial charge in [-0.25, -0.2) is 0 Å². The Morgan fingerprint density at radius 3 is 1.44 bits per heavy atom. The van der Waals surface area contributed by atoms with Crippen LogP contribution in [0.3, 0.4) is 0 Å². The van der Waals surface area contributed by atoms with E-state index in [0.717, 1.165) is 11.8 Å². The van der Waals surface area contributed by atoms with Crippen molar-refractivity contribution in [2.75, 3.05) is 0 Å². The summed E-state index contributed by atoms with van der Waals surface area (Å²) in [5, 5.41) is 0. The van der Waals surface area contributed by atoms with E-state index in [2.05, 4.69) is 27.7 Å². The quantitative estimate of drug-likeness (QED) is 0.590. The van der Waals surface area contributed by atoms with Gasteiger partial charge in [0, 0.05) is 0 Å². The summed E-state index contributed by atoms with van der Waals surface area (Å²) in [5.41, 5.74) is 0. The minimum atomic E-state index is -0.0671. The molecule has 0 aliphatic rings. The molecule has 0 N–H and O–H groups in total. The topological polar surface area (TPSA) is 0 Å². The second-order valence-electron chi connectivity index (χ2n) is 3.72. The van der Waals surface area contributed by atoms with E-state index in [9.17, 15) is 0 Å². The van der Waals surface area contributed by atoms with E-state index in [1.807, 2.05) is 0 Å². The van der Waals surface area contributed by atoms with E-state index in [1.165, 1.54) is 0 Å². The first-order chi connectivity index (χ1) is 4.13. The van der Waals surface area contributed by atoms with Crippen molar-refractivity contribution in [1.29, 1.82) is 0 Å². The number of rotatable bonds is 4. The van der Waals surface area contributed by atoms with Crippen LogP contribution in [0.2, 0.25) is 9.95 Å². The van der Waals surface area contributed by atoms with Gasteiger partial charge in [0.25, 0.3) is 0 Å². The molecule has 0 nitrogen and oxygen atoms in total. The summed E-state index contributed by atoms with van der Waals surface area (Å²) in [7, 11) is 0. The van der Waals surface area contributed by atoms with Gasteiger partial charge in [-0.05, 0) is 0 Å². The molecule has 0 aliphatic carbocycles. The molecule has 1 heteroatoms. The molecule has 0 bridgehead atoms. The Bertz CT molecular complexity index is 49.6. The second-order valence-corrected chi connectivity index (χ2v) is 7.62. The third-order valence-electron chi connectivity index (χ3n) is 1.56. The van der Waals surface area contributed by atoms with Crippen LogP contribution < -0.4 is 0 Å². The predicted molar refractivity (Wildman–Crippen MR) is 46.4 cm³/mol. The molecule has 54 valence electrons. The van der Waals surface area contributed by atoms with Crippen molar-refractivity contribution in [3.05, 3.63) is 0 Å². The molecule has 0 rings (SSSR count). The van der Waals surface area contributed by atoms with Crippen molar-refractivity contribution in [2.45, 2.75) is 37.6 Å². The molecule has 0 aromatic carbocycles. The van der Waals surface area contributed by atoms with Crippen molar-refractivity contribution in [1.82, 2.24) is 0 Å². The average molecular weight is 185 g/mol. The van der Waals surface area contributed by atoms with Crippen LogP contribution in [0.4, 0.5) is 0 Å². The van der Waals surface area contributed by atoms with Crippen molar-refractivity contribution in [2.24, 2.45) is 11.8 Å². The SMILES string of the molecule is CC(C)[CH2][GaH][CH2]C(C)C. The summed E-state index contributed by atoms with van der Waals surface area (Å²) < 4.78 is 0. The van der Waals surface area contributed by atoms with Crippen LogP contribution >= 0.6 is 0 Å². The van der Waals surface area contributed by atoms with Crippen LogP contribution in [0.25, 0.3) is 0 Å². The van der Waals surface area contributed by atoms with Gasteiger partial charge in [0.15, 0.2) is 0 Å². The fourth-order valence-electron chi connectivity index (χ4n) is 0.934. The molecule has 0 fully saturated rings. The molecule has 0 aromatic rings. The maximum atomic E-state index is 2.34. The standard InChI is InChI=1S/2C4H9.Ga.H/c2*1-4(2)3;;/h2*4H,1H2,2-3H3;;. The van der Waals surface area contributed by atoms with E-state index in [-0.39, 0.29) is 17.4 Å². The van der Waals surface area contributed by atoms with Crippen molar-refractivity contribution in [3.8, 4) is 0 Å². The van der Waals surface area contributed by atoms with Crippen molar-refractivity contribution in [3.63, 3.8) is 0 Å². The van der Waals surface area contributed by atoms with Gasteiger partial charge in [-0.3, -0.25) is 0 Å². The molecule has 0 atom stereocenters. The first kappa shape index (κ1) is 9.64. The molecule has 0 unspecified atom stereocenters. The van der Waals surface area contributed by atoms with Gasteiger partial charge in [-0.2, -0.15) is 0 Å². The summed E-state index contributed by atoms with van der Waals surface area (Å²) in [6, 6.07) is 0. The van der Waals surface area contributed by atoms with Gasteiger partial charge in [-0.1, -0.05) is 0 Å². The van der Waals surface area contributed by atoms with Crippen LogP contribution in [0.15, 0.2) is 0 Å². The van der Waals surface area contributed by atoms with Crippen LogP contribution in [0.1, 0.15) is 27.7 Å². The minimum absolute atomic E-state index is 0.0671. The van der Waals surface area contributed by atoms with Gasteiger partial charge in [0.1, 0.15) is 0 Å². The number of hydrogen-bond acceptors (Lipinski definition) is 0. The molecule has 9 heavy (non-hydrogen) atoms. The zero-order valence-corrected chi connectivity index (χ0v) is 10.2. The molecule has 0 saturated carbocycles. The summed E-state index contributed by atoms with van der Waals surface area (Å²) in [6.07, 6.45) is 0. The summed E-state index contributed by atoms with van der Waals surface area (Å²) >= 11 is -0.0671. The van der Waals surface area contributed by atoms with Crippen LogP contribution in [0, 0.1) is 11.8 Å². The van der Waals surface area contributed by atoms with Crippen LogP contribution in [-0.4, -0.2) is 17.4 Å². The third kappa shape index (κ3) is 8.64. The van der Waals surface area contributed by atoms with Crippen LogP contribution in [0.5, 0.6) is 0 Å². The number of hydrogen-bond donors (Lipinski definition) is 0. The third-order valence-corrected chi connectivity index (χ3v) is 8.12. The van der Waals surface area contributed by atoms with Gasteiger partial charge in [-0.15, -0.1) is 0 Å². The Hall–Kier alpha value is 0.636. The Balaban J connectivity index is 2.91. The Labute approximate surface area is 67.2 Å². The van der Waals surface area contributed by atoms with Gasteiger partial charge in [0.05, 0.1) is 0 Å². The zero-order chi connectivity index (χ0) is 7.28. The summed E-state index contributed by atoms with van der Waals surface area (Å²) in [4.78, 5) is 3.18. The monoisotopic (exact) mass is 184 g/mol. The molecule has 0 amide bonds. The van der Waals surface area contributed by atoms with Crippen molar-refractivity contribution < 1.29 is 0 Å². The Morgan fingerprint density at radius 1 is 0.889 bits per heavy atom. The summed E-state index contributed by atoms with van der Waals surface area (Å²) in [6.45, 7) is 9.36.